The van der Waals surface area contributed by atoms with Crippen molar-refractivity contribution in [2.45, 2.75) is 32.2 Å². The summed E-state index contributed by atoms with van der Waals surface area (Å²) >= 11 is 0. The van der Waals surface area contributed by atoms with Crippen LogP contribution in [0.4, 0.5) is 5.69 Å². The zero-order chi connectivity index (χ0) is 26.8. The topological polar surface area (TPSA) is 83.6 Å². The fourth-order valence-electron chi connectivity index (χ4n) is 7.10. The van der Waals surface area contributed by atoms with Crippen molar-refractivity contribution in [3.8, 4) is 11.1 Å². The van der Waals surface area contributed by atoms with E-state index in [0.717, 1.165) is 35.1 Å². The molecule has 194 valence electrons. The molecule has 0 aromatic heterocycles. The minimum absolute atomic E-state index is 0.0546. The van der Waals surface area contributed by atoms with Gasteiger partial charge in [0.1, 0.15) is 0 Å². The normalized spacial score (nSPS) is 24.9. The smallest absolute Gasteiger partial charge is 0.234 e. The largest absolute Gasteiger partial charge is 0.326 e. The van der Waals surface area contributed by atoms with Gasteiger partial charge in [-0.1, -0.05) is 66.2 Å². The number of nitrogens with zero attached hydrogens (tertiary/aromatic N) is 1. The van der Waals surface area contributed by atoms with Gasteiger partial charge in [0, 0.05) is 16.8 Å². The Hall–Kier alpha value is -4.32. The average Bonchev–Trinajstić information content (AvgIpc) is 3.39. The van der Waals surface area contributed by atoms with Crippen molar-refractivity contribution in [3.05, 3.63) is 101 Å². The third-order valence-corrected chi connectivity index (χ3v) is 8.93. The van der Waals surface area contributed by atoms with Gasteiger partial charge in [-0.25, -0.2) is 0 Å². The van der Waals surface area contributed by atoms with Crippen molar-refractivity contribution < 1.29 is 19.2 Å². The minimum atomic E-state index is -0.695. The molecule has 3 amide bonds. The summed E-state index contributed by atoms with van der Waals surface area (Å²) < 4.78 is 0. The minimum Gasteiger partial charge on any atom is -0.326 e. The number of amides is 3. The Balaban J connectivity index is 1.16. The molecular formula is C33H28N2O4. The number of hydrogen-bond acceptors (Lipinski definition) is 4. The van der Waals surface area contributed by atoms with Gasteiger partial charge in [0.25, 0.3) is 0 Å². The van der Waals surface area contributed by atoms with E-state index in [0.29, 0.717) is 16.8 Å². The maximum Gasteiger partial charge on any atom is 0.234 e. The summed E-state index contributed by atoms with van der Waals surface area (Å²) in [5.74, 6) is -1.19. The van der Waals surface area contributed by atoms with Crippen molar-refractivity contribution >= 4 is 29.2 Å². The number of imide groups is 1. The second-order valence-electron chi connectivity index (χ2n) is 11.2. The van der Waals surface area contributed by atoms with Gasteiger partial charge in [0.05, 0.1) is 24.3 Å². The second kappa shape index (κ2) is 8.87. The number of carbonyl (C=O) groups excluding carboxylic acids is 4. The van der Waals surface area contributed by atoms with Crippen molar-refractivity contribution in [1.29, 1.82) is 0 Å². The van der Waals surface area contributed by atoms with E-state index in [1.54, 1.807) is 12.1 Å². The molecule has 8 rings (SSSR count). The summed E-state index contributed by atoms with van der Waals surface area (Å²) in [6.07, 6.45) is 5.98. The first-order valence-electron chi connectivity index (χ1n) is 13.6. The molecule has 3 aromatic rings. The molecule has 1 aliphatic heterocycles. The Labute approximate surface area is 226 Å². The Morgan fingerprint density at radius 3 is 2.08 bits per heavy atom. The lowest BCUT2D eigenvalue weighted by Crippen LogP contribution is -2.38. The number of nitrogens with one attached hydrogen (secondary N) is 1. The number of anilines is 1. The standard InChI is InChI=1S/C33H28N2O4/c1-18-7-13-23-24-14-12-22(16-26(24)31(37)25(23)15-18)34-28(36)17-27(19-5-3-2-4-6-19)35-32(38)29-20-8-9-21(11-10-20)30(29)33(35)39/h2-9,12-16,20-21,27,29-30H,10-11,17H2,1H3,(H,34,36)/t20-,21-,27+,29+,30+/m0/s1. The van der Waals surface area contributed by atoms with Crippen LogP contribution in [0.3, 0.4) is 0 Å². The first-order valence-corrected chi connectivity index (χ1v) is 13.6. The van der Waals surface area contributed by atoms with E-state index in [1.807, 2.05) is 61.5 Å². The number of likely N-dealkylation sites (tertiary alicyclic amines) is 1. The Kier molecular flexibility index (Phi) is 5.41. The molecule has 1 N–H and O–H groups in total. The molecule has 0 spiro atoms. The SMILES string of the molecule is Cc1ccc2c(c1)C(=O)c1cc(NC(=O)C[C@H](c3ccccc3)N3C(=O)[C@H]4[C@H](C3=O)[C@H]3C=C[C@H]4CC3)ccc1-2. The molecule has 4 aliphatic carbocycles. The number of allylic oxidation sites excluding steroid dienone is 2. The predicted molar refractivity (Wildman–Crippen MR) is 147 cm³/mol. The first-order chi connectivity index (χ1) is 18.9. The first kappa shape index (κ1) is 23.8. The van der Waals surface area contributed by atoms with Crippen molar-refractivity contribution in [1.82, 2.24) is 4.90 Å². The van der Waals surface area contributed by atoms with E-state index in [1.165, 1.54) is 4.90 Å². The van der Waals surface area contributed by atoms with E-state index in [-0.39, 0.29) is 53.6 Å². The number of ketones is 1. The highest BCUT2D eigenvalue weighted by Gasteiger charge is 2.58. The second-order valence-corrected chi connectivity index (χ2v) is 11.2. The Morgan fingerprint density at radius 2 is 1.44 bits per heavy atom. The van der Waals surface area contributed by atoms with Gasteiger partial charge in [-0.2, -0.15) is 0 Å². The molecule has 2 bridgehead atoms. The van der Waals surface area contributed by atoms with Gasteiger partial charge in [0.15, 0.2) is 5.78 Å². The van der Waals surface area contributed by atoms with Gasteiger partial charge >= 0.3 is 0 Å². The van der Waals surface area contributed by atoms with Crippen LogP contribution in [0.15, 0.2) is 78.9 Å². The number of carbonyl (C=O) groups is 4. The summed E-state index contributed by atoms with van der Waals surface area (Å²) in [5, 5.41) is 2.92. The number of benzene rings is 3. The van der Waals surface area contributed by atoms with Crippen LogP contribution in [0.5, 0.6) is 0 Å². The van der Waals surface area contributed by atoms with Gasteiger partial charge in [-0.15, -0.1) is 0 Å². The number of rotatable bonds is 5. The molecule has 5 aliphatic rings. The molecule has 1 saturated heterocycles. The van der Waals surface area contributed by atoms with E-state index >= 15 is 0 Å². The van der Waals surface area contributed by atoms with E-state index in [4.69, 9.17) is 0 Å². The zero-order valence-electron chi connectivity index (χ0n) is 21.6. The van der Waals surface area contributed by atoms with Crippen molar-refractivity contribution in [3.63, 3.8) is 0 Å². The van der Waals surface area contributed by atoms with E-state index in [2.05, 4.69) is 17.5 Å². The average molecular weight is 517 g/mol. The quantitative estimate of drug-likeness (QED) is 0.282. The third kappa shape index (κ3) is 3.69. The monoisotopic (exact) mass is 516 g/mol. The Morgan fingerprint density at radius 1 is 0.821 bits per heavy atom. The van der Waals surface area contributed by atoms with Crippen LogP contribution in [-0.2, 0) is 14.4 Å². The van der Waals surface area contributed by atoms with E-state index in [9.17, 15) is 19.2 Å². The highest BCUT2D eigenvalue weighted by atomic mass is 16.2. The van der Waals surface area contributed by atoms with Crippen LogP contribution in [-0.4, -0.2) is 28.4 Å². The molecule has 1 saturated carbocycles. The summed E-state index contributed by atoms with van der Waals surface area (Å²) in [6, 6.07) is 19.8. The molecule has 5 atom stereocenters. The fraction of sp³-hybridized carbons (Fsp3) is 0.273. The molecule has 6 nitrogen and oxygen atoms in total. The molecule has 0 unspecified atom stereocenters. The Bertz CT molecular complexity index is 1560. The van der Waals surface area contributed by atoms with Gasteiger partial charge in [-0.05, 0) is 66.5 Å². The van der Waals surface area contributed by atoms with Crippen molar-refractivity contribution in [2.75, 3.05) is 5.32 Å². The lowest BCUT2D eigenvalue weighted by atomic mass is 9.63. The predicted octanol–water partition coefficient (Wildman–Crippen LogP) is 5.47. The number of hydrogen-bond donors (Lipinski definition) is 1. The van der Waals surface area contributed by atoms with Crippen LogP contribution in [0, 0.1) is 30.6 Å². The third-order valence-electron chi connectivity index (χ3n) is 8.93. The maximum absolute atomic E-state index is 13.7. The highest BCUT2D eigenvalue weighted by Crippen LogP contribution is 2.51. The van der Waals surface area contributed by atoms with Crippen LogP contribution < -0.4 is 5.32 Å². The van der Waals surface area contributed by atoms with Crippen LogP contribution >= 0.6 is 0 Å². The molecule has 2 fully saturated rings. The van der Waals surface area contributed by atoms with Gasteiger partial charge < -0.3 is 5.32 Å². The van der Waals surface area contributed by atoms with Gasteiger partial charge in [-0.3, -0.25) is 24.1 Å². The van der Waals surface area contributed by atoms with Crippen LogP contribution in [0.25, 0.3) is 11.1 Å². The zero-order valence-corrected chi connectivity index (χ0v) is 21.6. The molecule has 39 heavy (non-hydrogen) atoms. The molecular weight excluding hydrogens is 488 g/mol. The highest BCUT2D eigenvalue weighted by molar-refractivity contribution is 6.22. The number of fused-ring (bicyclic) bond motifs is 4. The van der Waals surface area contributed by atoms with E-state index < -0.39 is 6.04 Å². The maximum atomic E-state index is 13.7. The van der Waals surface area contributed by atoms with Gasteiger partial charge in [0.2, 0.25) is 17.7 Å². The van der Waals surface area contributed by atoms with Crippen LogP contribution in [0.2, 0.25) is 0 Å². The molecule has 3 aromatic carbocycles. The summed E-state index contributed by atoms with van der Waals surface area (Å²) in [5.41, 5.74) is 5.28. The summed E-state index contributed by atoms with van der Waals surface area (Å²) in [7, 11) is 0. The molecule has 1 heterocycles. The summed E-state index contributed by atoms with van der Waals surface area (Å²) in [6.45, 7) is 1.96. The lowest BCUT2D eigenvalue weighted by molar-refractivity contribution is -0.143. The number of aryl methyl sites for hydroxylation is 1. The lowest BCUT2D eigenvalue weighted by Gasteiger charge is -2.38. The van der Waals surface area contributed by atoms with Crippen LogP contribution in [0.1, 0.15) is 52.4 Å². The molecule has 6 heteroatoms. The molecule has 0 radical (unpaired) electrons. The fourth-order valence-corrected chi connectivity index (χ4v) is 7.10. The summed E-state index contributed by atoms with van der Waals surface area (Å²) in [4.78, 5) is 55.2. The van der Waals surface area contributed by atoms with Crippen molar-refractivity contribution in [2.24, 2.45) is 23.7 Å².